The summed E-state index contributed by atoms with van der Waals surface area (Å²) >= 11 is 1.83. The molecule has 1 unspecified atom stereocenters. The number of hydrogen-bond acceptors (Lipinski definition) is 4. The Labute approximate surface area is 174 Å². The molecule has 1 spiro atoms. The summed E-state index contributed by atoms with van der Waals surface area (Å²) in [5, 5.41) is 0. The van der Waals surface area contributed by atoms with E-state index in [4.69, 9.17) is 4.74 Å². The zero-order valence-electron chi connectivity index (χ0n) is 18.5. The second-order valence-corrected chi connectivity index (χ2v) is 12.1. The first-order valence-corrected chi connectivity index (χ1v) is 11.2. The average Bonchev–Trinajstić information content (AvgIpc) is 2.86. The summed E-state index contributed by atoms with van der Waals surface area (Å²) in [5.74, 6) is 0. The lowest BCUT2D eigenvalue weighted by molar-refractivity contribution is 0.00731. The van der Waals surface area contributed by atoms with Gasteiger partial charge in [0.2, 0.25) is 0 Å². The molecule has 4 nitrogen and oxygen atoms in total. The van der Waals surface area contributed by atoms with Crippen molar-refractivity contribution in [2.75, 3.05) is 13.1 Å². The number of hydrogen-bond donors (Lipinski definition) is 1. The number of carbonyl (C=O) groups excluding carboxylic acids is 1. The molecule has 1 aromatic carbocycles. The van der Waals surface area contributed by atoms with E-state index in [0.29, 0.717) is 6.04 Å². The first-order valence-electron chi connectivity index (χ1n) is 10.4. The summed E-state index contributed by atoms with van der Waals surface area (Å²) in [6.45, 7) is 16.3. The number of fused-ring (bicyclic) bond motifs is 1. The molecule has 0 aromatic heterocycles. The largest absolute Gasteiger partial charge is 0.444 e. The normalized spacial score (nSPS) is 21.7. The fraction of sp³-hybridized carbons (Fsp3) is 0.696. The molecule has 1 aliphatic heterocycles. The second kappa shape index (κ2) is 7.56. The second-order valence-electron chi connectivity index (χ2n) is 10.4. The summed E-state index contributed by atoms with van der Waals surface area (Å²) in [6.07, 6.45) is 2.92. The van der Waals surface area contributed by atoms with Crippen LogP contribution in [0.5, 0.6) is 0 Å². The Bertz CT molecular complexity index is 725. The van der Waals surface area contributed by atoms with Gasteiger partial charge < -0.3 is 9.64 Å². The van der Waals surface area contributed by atoms with Crippen LogP contribution in [0.4, 0.5) is 4.79 Å². The maximum atomic E-state index is 12.5. The van der Waals surface area contributed by atoms with Gasteiger partial charge >= 0.3 is 6.09 Å². The van der Waals surface area contributed by atoms with Crippen LogP contribution in [0.2, 0.25) is 0 Å². The molecule has 1 atom stereocenters. The zero-order chi connectivity index (χ0) is 20.7. The molecule has 1 aromatic rings. The monoisotopic (exact) mass is 404 g/mol. The van der Waals surface area contributed by atoms with Gasteiger partial charge in [0.15, 0.2) is 0 Å². The van der Waals surface area contributed by atoms with Gasteiger partial charge in [-0.1, -0.05) is 30.1 Å². The molecule has 28 heavy (non-hydrogen) atoms. The van der Waals surface area contributed by atoms with Crippen molar-refractivity contribution in [1.29, 1.82) is 0 Å². The SMILES string of the molecule is Cc1cccc2c1CC1(CCN(C(=O)OC(C)(C)C)CC1)C2NSC(C)(C)C. The van der Waals surface area contributed by atoms with Gasteiger partial charge in [-0.2, -0.15) is 0 Å². The first kappa shape index (κ1) is 21.5. The van der Waals surface area contributed by atoms with Crippen LogP contribution in [-0.4, -0.2) is 34.4 Å². The highest BCUT2D eigenvalue weighted by Gasteiger charge is 2.49. The van der Waals surface area contributed by atoms with Gasteiger partial charge in [-0.15, -0.1) is 0 Å². The van der Waals surface area contributed by atoms with Gasteiger partial charge in [-0.25, -0.2) is 4.79 Å². The van der Waals surface area contributed by atoms with E-state index >= 15 is 0 Å². The molecule has 1 aliphatic carbocycles. The lowest BCUT2D eigenvalue weighted by Crippen LogP contribution is -2.48. The molecule has 0 radical (unpaired) electrons. The van der Waals surface area contributed by atoms with Gasteiger partial charge in [0.1, 0.15) is 5.60 Å². The maximum absolute atomic E-state index is 12.5. The third kappa shape index (κ3) is 4.68. The molecular formula is C23H36N2O2S. The number of piperidine rings is 1. The Morgan fingerprint density at radius 3 is 2.39 bits per heavy atom. The number of likely N-dealkylation sites (tertiary alicyclic amines) is 1. The fourth-order valence-corrected chi connectivity index (χ4v) is 5.22. The molecule has 2 aliphatic rings. The minimum absolute atomic E-state index is 0.158. The van der Waals surface area contributed by atoms with E-state index in [0.717, 1.165) is 32.4 Å². The van der Waals surface area contributed by atoms with Crippen LogP contribution in [0.15, 0.2) is 18.2 Å². The van der Waals surface area contributed by atoms with Crippen LogP contribution in [0.3, 0.4) is 0 Å². The highest BCUT2D eigenvalue weighted by Crippen LogP contribution is 2.53. The Morgan fingerprint density at radius 2 is 1.82 bits per heavy atom. The van der Waals surface area contributed by atoms with Crippen LogP contribution in [0, 0.1) is 12.3 Å². The van der Waals surface area contributed by atoms with E-state index in [1.54, 1.807) is 0 Å². The van der Waals surface area contributed by atoms with Crippen molar-refractivity contribution in [2.45, 2.75) is 84.1 Å². The predicted molar refractivity (Wildman–Crippen MR) is 118 cm³/mol. The van der Waals surface area contributed by atoms with E-state index < -0.39 is 5.60 Å². The van der Waals surface area contributed by atoms with Crippen molar-refractivity contribution in [3.05, 3.63) is 34.9 Å². The molecule has 5 heteroatoms. The summed E-state index contributed by atoms with van der Waals surface area (Å²) < 4.78 is 9.58. The molecule has 3 rings (SSSR count). The number of rotatable bonds is 2. The van der Waals surface area contributed by atoms with Crippen molar-refractivity contribution in [3.8, 4) is 0 Å². The topological polar surface area (TPSA) is 41.6 Å². The average molecular weight is 405 g/mol. The van der Waals surface area contributed by atoms with Gasteiger partial charge in [-0.3, -0.25) is 4.72 Å². The van der Waals surface area contributed by atoms with E-state index in [1.807, 2.05) is 37.6 Å². The third-order valence-corrected chi connectivity index (χ3v) is 6.76. The third-order valence-electron chi connectivity index (χ3n) is 5.79. The standard InChI is InChI=1S/C23H36N2O2S/c1-16-9-8-10-17-18(16)15-23(19(17)24-28-22(5,6)7)11-13-25(14-12-23)20(26)27-21(2,3)4/h8-10,19,24H,11-15H2,1-7H3. The number of benzene rings is 1. The summed E-state index contributed by atoms with van der Waals surface area (Å²) in [6, 6.07) is 7.02. The number of ether oxygens (including phenoxy) is 1. The Balaban J connectivity index is 1.78. The molecule has 1 heterocycles. The van der Waals surface area contributed by atoms with Crippen LogP contribution < -0.4 is 4.72 Å². The summed E-state index contributed by atoms with van der Waals surface area (Å²) in [4.78, 5) is 14.4. The predicted octanol–water partition coefficient (Wildman–Crippen LogP) is 5.65. The molecule has 1 N–H and O–H groups in total. The smallest absolute Gasteiger partial charge is 0.410 e. The maximum Gasteiger partial charge on any atom is 0.410 e. The highest BCUT2D eigenvalue weighted by molar-refractivity contribution is 7.98. The molecule has 1 saturated heterocycles. The van der Waals surface area contributed by atoms with E-state index in [-0.39, 0.29) is 16.3 Å². The van der Waals surface area contributed by atoms with E-state index in [2.05, 4.69) is 50.6 Å². The van der Waals surface area contributed by atoms with Crippen LogP contribution in [-0.2, 0) is 11.2 Å². The first-order chi connectivity index (χ1) is 12.9. The number of nitrogens with one attached hydrogen (secondary N) is 1. The summed E-state index contributed by atoms with van der Waals surface area (Å²) in [7, 11) is 0. The minimum Gasteiger partial charge on any atom is -0.444 e. The highest BCUT2D eigenvalue weighted by atomic mass is 32.2. The number of amides is 1. The van der Waals surface area contributed by atoms with Gasteiger partial charge in [0.25, 0.3) is 0 Å². The Morgan fingerprint density at radius 1 is 1.18 bits per heavy atom. The van der Waals surface area contributed by atoms with Crippen LogP contribution >= 0.6 is 11.9 Å². The quantitative estimate of drug-likeness (QED) is 0.647. The Kier molecular flexibility index (Phi) is 5.81. The van der Waals surface area contributed by atoms with Crippen molar-refractivity contribution >= 4 is 18.0 Å². The molecule has 156 valence electrons. The Hall–Kier alpha value is -1.20. The lowest BCUT2D eigenvalue weighted by atomic mass is 9.73. The number of carbonyl (C=O) groups is 1. The summed E-state index contributed by atoms with van der Waals surface area (Å²) in [5.41, 5.74) is 4.06. The van der Waals surface area contributed by atoms with E-state index in [9.17, 15) is 4.79 Å². The lowest BCUT2D eigenvalue weighted by Gasteiger charge is -2.44. The van der Waals surface area contributed by atoms with E-state index in [1.165, 1.54) is 16.7 Å². The van der Waals surface area contributed by atoms with Gasteiger partial charge in [-0.05, 0) is 89.8 Å². The van der Waals surface area contributed by atoms with Crippen LogP contribution in [0.25, 0.3) is 0 Å². The molecular weight excluding hydrogens is 368 g/mol. The van der Waals surface area contributed by atoms with Crippen molar-refractivity contribution in [3.63, 3.8) is 0 Å². The van der Waals surface area contributed by atoms with Gasteiger partial charge in [0, 0.05) is 23.9 Å². The van der Waals surface area contributed by atoms with Crippen LogP contribution in [0.1, 0.15) is 77.1 Å². The zero-order valence-corrected chi connectivity index (χ0v) is 19.3. The molecule has 0 bridgehead atoms. The number of nitrogens with zero attached hydrogens (tertiary/aromatic N) is 1. The molecule has 1 fully saturated rings. The molecule has 0 saturated carbocycles. The van der Waals surface area contributed by atoms with Gasteiger partial charge in [0.05, 0.1) is 0 Å². The molecule has 1 amide bonds. The fourth-order valence-electron chi connectivity index (χ4n) is 4.37. The number of aryl methyl sites for hydroxylation is 1. The van der Waals surface area contributed by atoms with Crippen molar-refractivity contribution in [2.24, 2.45) is 5.41 Å². The minimum atomic E-state index is -0.444. The van der Waals surface area contributed by atoms with Crippen molar-refractivity contribution < 1.29 is 9.53 Å². The van der Waals surface area contributed by atoms with Crippen molar-refractivity contribution in [1.82, 2.24) is 9.62 Å².